The van der Waals surface area contributed by atoms with Gasteiger partial charge < -0.3 is 9.47 Å². The molecule has 2 aromatic heterocycles. The normalized spacial score (nSPS) is 21.5. The molecule has 1 fully saturated rings. The first kappa shape index (κ1) is 32.9. The van der Waals surface area contributed by atoms with Gasteiger partial charge in [-0.25, -0.2) is 19.1 Å². The Bertz CT molecular complexity index is 1550. The summed E-state index contributed by atoms with van der Waals surface area (Å²) in [6.07, 6.45) is 1.45. The first-order valence-corrected chi connectivity index (χ1v) is 15.4. The van der Waals surface area contributed by atoms with E-state index in [-0.39, 0.29) is 67.0 Å². The number of benzene rings is 1. The summed E-state index contributed by atoms with van der Waals surface area (Å²) in [4.78, 5) is 32.3. The van der Waals surface area contributed by atoms with Crippen molar-refractivity contribution >= 4 is 40.8 Å². The zero-order valence-electron chi connectivity index (χ0n) is 26.7. The fourth-order valence-electron chi connectivity index (χ4n) is 6.10. The van der Waals surface area contributed by atoms with Crippen LogP contribution in [-0.4, -0.2) is 32.6 Å². The van der Waals surface area contributed by atoms with Crippen LogP contribution in [0.2, 0.25) is 10.0 Å². The smallest absolute Gasteiger partial charge is 0.347 e. The summed E-state index contributed by atoms with van der Waals surface area (Å²) in [5.41, 5.74) is -0.833. The van der Waals surface area contributed by atoms with E-state index in [1.807, 2.05) is 20.8 Å². The number of nitriles is 1. The molecule has 2 unspecified atom stereocenters. The van der Waals surface area contributed by atoms with Crippen LogP contribution in [0.25, 0.3) is 5.65 Å². The van der Waals surface area contributed by atoms with Gasteiger partial charge in [0.2, 0.25) is 5.88 Å². The number of esters is 2. The number of aromatic nitrogens is 3. The van der Waals surface area contributed by atoms with Crippen molar-refractivity contribution in [2.75, 3.05) is 0 Å². The van der Waals surface area contributed by atoms with Crippen molar-refractivity contribution < 1.29 is 19.1 Å². The molecule has 4 rings (SSSR count). The van der Waals surface area contributed by atoms with Crippen molar-refractivity contribution in [3.05, 3.63) is 50.8 Å². The minimum atomic E-state index is -0.875. The molecule has 8 nitrogen and oxygen atoms in total. The molecule has 0 amide bonds. The van der Waals surface area contributed by atoms with Crippen molar-refractivity contribution in [1.29, 1.82) is 5.26 Å². The van der Waals surface area contributed by atoms with Crippen LogP contribution in [0.5, 0.6) is 5.88 Å². The Morgan fingerprint density at radius 1 is 0.953 bits per heavy atom. The number of fused-ring (bicyclic) bond motifs is 1. The summed E-state index contributed by atoms with van der Waals surface area (Å²) in [7, 11) is 0. The van der Waals surface area contributed by atoms with Crippen molar-refractivity contribution in [3.63, 3.8) is 0 Å². The van der Waals surface area contributed by atoms with E-state index in [1.165, 1.54) is 16.6 Å². The van der Waals surface area contributed by atoms with Gasteiger partial charge in [0, 0.05) is 17.3 Å². The Kier molecular flexibility index (Phi) is 8.78. The standard InChI is InChI=1S/C33H42Cl2N4O4/c1-17-14-19(31(2,3)4)25(20(15-17)32(5,6)7)42-28(40)23-18(16-36)27(39-26(23)37-30(38-39)33(8,9)10)43-29(41)24-21(34)12-11-13-22(24)35/h11-13,17,19-20,25H,14-15H2,1-10H3,(H,37,38). The molecule has 232 valence electrons. The van der Waals surface area contributed by atoms with Crippen LogP contribution in [0.3, 0.4) is 0 Å². The van der Waals surface area contributed by atoms with Gasteiger partial charge in [0.05, 0.1) is 15.6 Å². The van der Waals surface area contributed by atoms with E-state index in [4.69, 9.17) is 37.7 Å². The molecule has 1 N–H and O–H groups in total. The summed E-state index contributed by atoms with van der Waals surface area (Å²) in [6, 6.07) is 6.71. The number of carbonyl (C=O) groups excluding carboxylic acids is 2. The molecule has 0 aliphatic heterocycles. The van der Waals surface area contributed by atoms with Crippen LogP contribution >= 0.6 is 23.2 Å². The Morgan fingerprint density at radius 3 is 1.95 bits per heavy atom. The van der Waals surface area contributed by atoms with E-state index in [0.717, 1.165) is 12.8 Å². The van der Waals surface area contributed by atoms with Crippen LogP contribution in [-0.2, 0) is 10.2 Å². The molecule has 10 heteroatoms. The Morgan fingerprint density at radius 2 is 1.49 bits per heavy atom. The van der Waals surface area contributed by atoms with Crippen molar-refractivity contribution in [1.82, 2.24) is 14.6 Å². The Labute approximate surface area is 264 Å². The van der Waals surface area contributed by atoms with E-state index >= 15 is 0 Å². The quantitative estimate of drug-likeness (QED) is 0.289. The van der Waals surface area contributed by atoms with Crippen molar-refractivity contribution in [2.45, 2.75) is 93.6 Å². The number of nitrogens with one attached hydrogen (secondary N) is 1. The van der Waals surface area contributed by atoms with Crippen molar-refractivity contribution in [3.8, 4) is 11.9 Å². The average Bonchev–Trinajstić information content (AvgIpc) is 3.41. The maximum absolute atomic E-state index is 14.2. The molecule has 2 heterocycles. The zero-order valence-corrected chi connectivity index (χ0v) is 28.2. The van der Waals surface area contributed by atoms with Gasteiger partial charge in [-0.1, -0.05) is 98.5 Å². The van der Waals surface area contributed by atoms with Gasteiger partial charge in [-0.15, -0.1) is 0 Å². The second kappa shape index (κ2) is 11.5. The largest absolute Gasteiger partial charge is 0.458 e. The van der Waals surface area contributed by atoms with Crippen molar-refractivity contribution in [2.24, 2.45) is 28.6 Å². The lowest BCUT2D eigenvalue weighted by Gasteiger charge is -2.50. The summed E-state index contributed by atoms with van der Waals surface area (Å²) >= 11 is 12.5. The van der Waals surface area contributed by atoms with E-state index in [0.29, 0.717) is 11.7 Å². The molecular weight excluding hydrogens is 587 g/mol. The fourth-order valence-corrected chi connectivity index (χ4v) is 6.65. The lowest BCUT2D eigenvalue weighted by molar-refractivity contribution is -0.0922. The molecule has 0 saturated heterocycles. The molecule has 1 aliphatic carbocycles. The highest BCUT2D eigenvalue weighted by Gasteiger charge is 2.48. The highest BCUT2D eigenvalue weighted by Crippen LogP contribution is 2.50. The van der Waals surface area contributed by atoms with Gasteiger partial charge in [-0.05, 0) is 41.7 Å². The average molecular weight is 630 g/mol. The number of hydrogen-bond donors (Lipinski definition) is 1. The maximum Gasteiger partial charge on any atom is 0.347 e. The number of ether oxygens (including phenoxy) is 2. The molecular formula is C33H42Cl2N4O4. The molecule has 3 aromatic rings. The second-order valence-corrected chi connectivity index (χ2v) is 15.8. The van der Waals surface area contributed by atoms with Gasteiger partial charge in [0.15, 0.2) is 5.65 Å². The summed E-state index contributed by atoms with van der Waals surface area (Å²) < 4.78 is 13.6. The minimum absolute atomic E-state index is 0.0540. The van der Waals surface area contributed by atoms with E-state index in [2.05, 4.69) is 59.6 Å². The lowest BCUT2D eigenvalue weighted by atomic mass is 9.59. The van der Waals surface area contributed by atoms with Gasteiger partial charge in [0.1, 0.15) is 29.1 Å². The topological polar surface area (TPSA) is 109 Å². The number of H-pyrrole nitrogens is 1. The third kappa shape index (κ3) is 6.44. The fraction of sp³-hybridized carbons (Fsp3) is 0.576. The monoisotopic (exact) mass is 628 g/mol. The first-order valence-electron chi connectivity index (χ1n) is 14.7. The Balaban J connectivity index is 1.87. The molecule has 0 spiro atoms. The van der Waals surface area contributed by atoms with Crippen LogP contribution in [0.1, 0.15) is 114 Å². The molecule has 43 heavy (non-hydrogen) atoms. The molecule has 1 aliphatic rings. The number of aromatic amines is 1. The second-order valence-electron chi connectivity index (χ2n) is 15.0. The summed E-state index contributed by atoms with van der Waals surface area (Å²) in [5.74, 6) is -0.551. The number of nitrogens with zero attached hydrogens (tertiary/aromatic N) is 3. The van der Waals surface area contributed by atoms with Crippen LogP contribution in [0.15, 0.2) is 18.2 Å². The summed E-state index contributed by atoms with van der Waals surface area (Å²) in [6.45, 7) is 21.2. The van der Waals surface area contributed by atoms with E-state index in [1.54, 1.807) is 6.07 Å². The highest BCUT2D eigenvalue weighted by atomic mass is 35.5. The maximum atomic E-state index is 14.2. The number of hydrogen-bond acceptors (Lipinski definition) is 6. The van der Waals surface area contributed by atoms with Crippen LogP contribution < -0.4 is 4.74 Å². The number of carbonyl (C=O) groups is 2. The Hall–Kier alpha value is -3.02. The molecule has 1 saturated carbocycles. The van der Waals surface area contributed by atoms with Gasteiger partial charge in [-0.3, -0.25) is 5.10 Å². The van der Waals surface area contributed by atoms with E-state index in [9.17, 15) is 14.9 Å². The lowest BCUT2D eigenvalue weighted by Crippen LogP contribution is -2.49. The summed E-state index contributed by atoms with van der Waals surface area (Å²) in [5, 5.41) is 13.6. The number of rotatable bonds is 4. The molecule has 0 radical (unpaired) electrons. The first-order chi connectivity index (χ1) is 19.8. The van der Waals surface area contributed by atoms with Crippen LogP contribution in [0, 0.1) is 39.9 Å². The molecule has 2 atom stereocenters. The van der Waals surface area contributed by atoms with Gasteiger partial charge >= 0.3 is 11.9 Å². The van der Waals surface area contributed by atoms with E-state index < -0.39 is 17.4 Å². The van der Waals surface area contributed by atoms with Gasteiger partial charge in [0.25, 0.3) is 0 Å². The molecule has 0 bridgehead atoms. The predicted octanol–water partition coefficient (Wildman–Crippen LogP) is 8.64. The predicted molar refractivity (Wildman–Crippen MR) is 168 cm³/mol. The zero-order chi connectivity index (χ0) is 32.2. The third-order valence-corrected chi connectivity index (χ3v) is 9.12. The third-order valence-electron chi connectivity index (χ3n) is 8.49. The minimum Gasteiger partial charge on any atom is -0.458 e. The SMILES string of the molecule is CC1CC(C(C)(C)C)C(OC(=O)c2c(C#N)c(OC(=O)c3c(Cl)cccc3Cl)n3[nH]c(C(C)(C)C)nc23)C(C(C)(C)C)C1. The van der Waals surface area contributed by atoms with Crippen LogP contribution in [0.4, 0.5) is 0 Å². The van der Waals surface area contributed by atoms with Gasteiger partial charge in [-0.2, -0.15) is 5.26 Å². The number of halogens is 2. The molecule has 1 aromatic carbocycles. The highest BCUT2D eigenvalue weighted by molar-refractivity contribution is 6.39.